The highest BCUT2D eigenvalue weighted by Crippen LogP contribution is 2.36. The maximum absolute atomic E-state index is 13.3. The van der Waals surface area contributed by atoms with Crippen molar-refractivity contribution in [1.29, 1.82) is 0 Å². The number of para-hydroxylation sites is 2. The van der Waals surface area contributed by atoms with Crippen molar-refractivity contribution in [3.63, 3.8) is 0 Å². The first-order valence-electron chi connectivity index (χ1n) is 10.5. The molecule has 31 heavy (non-hydrogen) atoms. The molecule has 0 radical (unpaired) electrons. The number of carbonyl (C=O) groups is 1. The molecule has 4 rings (SSSR count). The van der Waals surface area contributed by atoms with E-state index < -0.39 is 0 Å². The van der Waals surface area contributed by atoms with Gasteiger partial charge in [-0.2, -0.15) is 0 Å². The zero-order valence-corrected chi connectivity index (χ0v) is 18.5. The molecule has 0 aliphatic carbocycles. The maximum Gasteiger partial charge on any atom is 0.266 e. The van der Waals surface area contributed by atoms with Gasteiger partial charge in [0.2, 0.25) is 0 Å². The maximum atomic E-state index is 13.3. The summed E-state index contributed by atoms with van der Waals surface area (Å²) in [5.74, 6) is -0.00688. The first kappa shape index (κ1) is 21.6. The first-order chi connectivity index (χ1) is 15.3. The summed E-state index contributed by atoms with van der Waals surface area (Å²) in [4.78, 5) is 22.8. The van der Waals surface area contributed by atoms with Crippen LogP contribution in [-0.4, -0.2) is 62.5 Å². The molecule has 2 fully saturated rings. The topological polar surface area (TPSA) is 54.4 Å². The Morgan fingerprint density at radius 1 is 1.10 bits per heavy atom. The van der Waals surface area contributed by atoms with Crippen molar-refractivity contribution in [2.75, 3.05) is 51.5 Å². The number of aliphatic imine (C=N–C) groups is 1. The standard InChI is InChI=1S/C24H27N3O3S/c1-29-15-7-12-27-23(28)22(31-24(27)25-20-9-3-2-4-10-20)18-19-8-5-6-11-21(19)26-13-16-30-17-14-26/h2-6,8-11,18H,7,12-17H2,1H3/b22-18+,25-24?. The van der Waals surface area contributed by atoms with Crippen LogP contribution in [0.5, 0.6) is 0 Å². The predicted octanol–water partition coefficient (Wildman–Crippen LogP) is 4.16. The SMILES string of the molecule is COCCCN1C(=O)/C(=C\c2ccccc2N2CCOCC2)SC1=Nc1ccccc1. The van der Waals surface area contributed by atoms with Crippen LogP contribution in [0.4, 0.5) is 11.4 Å². The van der Waals surface area contributed by atoms with Crippen LogP contribution in [0.2, 0.25) is 0 Å². The fraction of sp³-hybridized carbons (Fsp3) is 0.333. The number of morpholine rings is 1. The van der Waals surface area contributed by atoms with E-state index in [1.165, 1.54) is 11.8 Å². The van der Waals surface area contributed by atoms with Crippen LogP contribution in [0, 0.1) is 0 Å². The Labute approximate surface area is 187 Å². The Kier molecular flexibility index (Phi) is 7.40. The molecule has 0 saturated carbocycles. The van der Waals surface area contributed by atoms with Crippen molar-refractivity contribution in [3.8, 4) is 0 Å². The molecule has 2 aromatic rings. The summed E-state index contributed by atoms with van der Waals surface area (Å²) in [5, 5.41) is 0.711. The molecule has 2 saturated heterocycles. The van der Waals surface area contributed by atoms with Gasteiger partial charge in [0.25, 0.3) is 5.91 Å². The molecule has 2 aromatic carbocycles. The van der Waals surface area contributed by atoms with E-state index in [2.05, 4.69) is 17.0 Å². The van der Waals surface area contributed by atoms with Crippen LogP contribution in [-0.2, 0) is 14.3 Å². The van der Waals surface area contributed by atoms with Gasteiger partial charge in [0.05, 0.1) is 23.8 Å². The van der Waals surface area contributed by atoms with Gasteiger partial charge in [0.1, 0.15) is 0 Å². The van der Waals surface area contributed by atoms with Gasteiger partial charge in [-0.25, -0.2) is 4.99 Å². The number of amidine groups is 1. The first-order valence-corrected chi connectivity index (χ1v) is 11.3. The van der Waals surface area contributed by atoms with Crippen LogP contribution >= 0.6 is 11.8 Å². The molecule has 0 spiro atoms. The van der Waals surface area contributed by atoms with Crippen molar-refractivity contribution in [2.24, 2.45) is 4.99 Å². The molecular weight excluding hydrogens is 410 g/mol. The van der Waals surface area contributed by atoms with Crippen molar-refractivity contribution >= 4 is 40.3 Å². The summed E-state index contributed by atoms with van der Waals surface area (Å²) < 4.78 is 10.7. The summed E-state index contributed by atoms with van der Waals surface area (Å²) in [7, 11) is 1.67. The highest BCUT2D eigenvalue weighted by molar-refractivity contribution is 8.18. The van der Waals surface area contributed by atoms with Crippen LogP contribution in [0.15, 0.2) is 64.5 Å². The number of rotatable bonds is 7. The van der Waals surface area contributed by atoms with Crippen molar-refractivity contribution in [1.82, 2.24) is 4.90 Å². The van der Waals surface area contributed by atoms with E-state index in [-0.39, 0.29) is 5.91 Å². The van der Waals surface area contributed by atoms with E-state index in [0.717, 1.165) is 49.7 Å². The minimum Gasteiger partial charge on any atom is -0.385 e. The molecule has 6 nitrogen and oxygen atoms in total. The van der Waals surface area contributed by atoms with E-state index in [1.807, 2.05) is 48.5 Å². The van der Waals surface area contributed by atoms with Crippen molar-refractivity contribution in [3.05, 3.63) is 65.1 Å². The predicted molar refractivity (Wildman–Crippen MR) is 127 cm³/mol. The number of hydrogen-bond donors (Lipinski definition) is 0. The number of nitrogens with zero attached hydrogens (tertiary/aromatic N) is 3. The van der Waals surface area contributed by atoms with Crippen LogP contribution in [0.1, 0.15) is 12.0 Å². The Balaban J connectivity index is 1.63. The molecule has 0 bridgehead atoms. The normalized spacial score (nSPS) is 19.6. The minimum atomic E-state index is -0.00688. The Hall–Kier alpha value is -2.61. The van der Waals surface area contributed by atoms with Crippen molar-refractivity contribution in [2.45, 2.75) is 6.42 Å². The lowest BCUT2D eigenvalue weighted by molar-refractivity contribution is -0.122. The number of benzene rings is 2. The summed E-state index contributed by atoms with van der Waals surface area (Å²) in [6.07, 6.45) is 2.75. The van der Waals surface area contributed by atoms with Gasteiger partial charge in [-0.1, -0.05) is 36.4 Å². The zero-order chi connectivity index (χ0) is 21.5. The van der Waals surface area contributed by atoms with Gasteiger partial charge < -0.3 is 14.4 Å². The summed E-state index contributed by atoms with van der Waals surface area (Å²) in [6, 6.07) is 18.0. The van der Waals surface area contributed by atoms with Crippen molar-refractivity contribution < 1.29 is 14.3 Å². The molecule has 0 unspecified atom stereocenters. The highest BCUT2D eigenvalue weighted by atomic mass is 32.2. The minimum absolute atomic E-state index is 0.00688. The van der Waals surface area contributed by atoms with Crippen LogP contribution in [0.3, 0.4) is 0 Å². The fourth-order valence-electron chi connectivity index (χ4n) is 3.61. The molecule has 162 valence electrons. The number of hydrogen-bond acceptors (Lipinski definition) is 6. The Morgan fingerprint density at radius 3 is 2.61 bits per heavy atom. The lowest BCUT2D eigenvalue weighted by atomic mass is 10.1. The third-order valence-electron chi connectivity index (χ3n) is 5.17. The van der Waals surface area contributed by atoms with Gasteiger partial charge in [-0.15, -0.1) is 0 Å². The number of methoxy groups -OCH3 is 1. The zero-order valence-electron chi connectivity index (χ0n) is 17.7. The van der Waals surface area contributed by atoms with Gasteiger partial charge in [0, 0.05) is 39.0 Å². The average molecular weight is 438 g/mol. The second-order valence-electron chi connectivity index (χ2n) is 7.30. The lowest BCUT2D eigenvalue weighted by Gasteiger charge is -2.30. The lowest BCUT2D eigenvalue weighted by Crippen LogP contribution is -2.36. The molecule has 7 heteroatoms. The van der Waals surface area contributed by atoms with Gasteiger partial charge in [0.15, 0.2) is 5.17 Å². The molecule has 2 aliphatic heterocycles. The third-order valence-corrected chi connectivity index (χ3v) is 6.18. The fourth-order valence-corrected chi connectivity index (χ4v) is 4.63. The van der Waals surface area contributed by atoms with E-state index >= 15 is 0 Å². The Bertz CT molecular complexity index is 956. The molecule has 2 heterocycles. The van der Waals surface area contributed by atoms with Gasteiger partial charge in [-0.3, -0.25) is 9.69 Å². The molecule has 0 aromatic heterocycles. The number of carbonyl (C=O) groups excluding carboxylic acids is 1. The monoisotopic (exact) mass is 437 g/mol. The number of anilines is 1. The van der Waals surface area contributed by atoms with E-state index in [1.54, 1.807) is 12.0 Å². The smallest absolute Gasteiger partial charge is 0.266 e. The average Bonchev–Trinajstić information content (AvgIpc) is 3.10. The summed E-state index contributed by atoms with van der Waals surface area (Å²) in [6.45, 7) is 4.33. The van der Waals surface area contributed by atoms with E-state index in [0.29, 0.717) is 23.2 Å². The summed E-state index contributed by atoms with van der Waals surface area (Å²) in [5.41, 5.74) is 3.01. The van der Waals surface area contributed by atoms with Gasteiger partial charge >= 0.3 is 0 Å². The van der Waals surface area contributed by atoms with Crippen LogP contribution in [0.25, 0.3) is 6.08 Å². The molecule has 0 N–H and O–H groups in total. The number of ether oxygens (including phenoxy) is 2. The second kappa shape index (κ2) is 10.6. The molecule has 2 aliphatic rings. The largest absolute Gasteiger partial charge is 0.385 e. The highest BCUT2D eigenvalue weighted by Gasteiger charge is 2.33. The summed E-state index contributed by atoms with van der Waals surface area (Å²) >= 11 is 1.43. The van der Waals surface area contributed by atoms with E-state index in [4.69, 9.17) is 14.5 Å². The molecule has 0 atom stereocenters. The van der Waals surface area contributed by atoms with Crippen LogP contribution < -0.4 is 4.90 Å². The quantitative estimate of drug-likeness (QED) is 0.481. The third kappa shape index (κ3) is 5.36. The number of thioether (sulfide) groups is 1. The number of amides is 1. The molecule has 1 amide bonds. The van der Waals surface area contributed by atoms with E-state index in [9.17, 15) is 4.79 Å². The van der Waals surface area contributed by atoms with Gasteiger partial charge in [-0.05, 0) is 48.0 Å². The Morgan fingerprint density at radius 2 is 1.84 bits per heavy atom. The second-order valence-corrected chi connectivity index (χ2v) is 8.31. The molecular formula is C24H27N3O3S.